The Labute approximate surface area is 102 Å². The normalized spacial score (nSPS) is 9.35. The average molecular weight is 228 g/mol. The predicted octanol–water partition coefficient (Wildman–Crippen LogP) is 3.39. The van der Waals surface area contributed by atoms with Gasteiger partial charge in [-0.3, -0.25) is 0 Å². The molecule has 0 aliphatic heterocycles. The molecule has 1 aromatic carbocycles. The highest BCUT2D eigenvalue weighted by atomic mass is 16.5. The van der Waals surface area contributed by atoms with Crippen molar-refractivity contribution in [2.45, 2.75) is 32.6 Å². The van der Waals surface area contributed by atoms with E-state index in [2.05, 4.69) is 6.92 Å². The van der Waals surface area contributed by atoms with Crippen LogP contribution in [0.4, 0.5) is 0 Å². The van der Waals surface area contributed by atoms with Gasteiger partial charge in [0.15, 0.2) is 0 Å². The molecule has 0 saturated carbocycles. The van der Waals surface area contributed by atoms with Crippen molar-refractivity contribution in [2.24, 2.45) is 0 Å². The number of hydrogen-bond donors (Lipinski definition) is 0. The molecule has 0 N–H and O–H groups in total. The summed E-state index contributed by atoms with van der Waals surface area (Å²) >= 11 is 0. The molecule has 0 aliphatic carbocycles. The zero-order valence-corrected chi connectivity index (χ0v) is 10.1. The van der Waals surface area contributed by atoms with E-state index in [0.29, 0.717) is 23.5 Å². The van der Waals surface area contributed by atoms with E-state index in [4.69, 9.17) is 15.3 Å². The van der Waals surface area contributed by atoms with E-state index in [0.717, 1.165) is 12.8 Å². The Hall–Kier alpha value is -2.00. The van der Waals surface area contributed by atoms with Crippen molar-refractivity contribution in [1.29, 1.82) is 10.5 Å². The van der Waals surface area contributed by atoms with Crippen LogP contribution in [0.2, 0.25) is 0 Å². The fraction of sp³-hybridized carbons (Fsp3) is 0.429. The fourth-order valence-electron chi connectivity index (χ4n) is 1.57. The van der Waals surface area contributed by atoms with E-state index in [-0.39, 0.29) is 0 Å². The molecule has 3 nitrogen and oxygen atoms in total. The SMILES string of the molecule is CCCCCCOc1cccc(C#N)c1C#N. The van der Waals surface area contributed by atoms with E-state index < -0.39 is 0 Å². The summed E-state index contributed by atoms with van der Waals surface area (Å²) in [7, 11) is 0. The fourth-order valence-corrected chi connectivity index (χ4v) is 1.57. The summed E-state index contributed by atoms with van der Waals surface area (Å²) in [6.45, 7) is 2.76. The van der Waals surface area contributed by atoms with E-state index in [1.54, 1.807) is 18.2 Å². The topological polar surface area (TPSA) is 56.8 Å². The zero-order valence-electron chi connectivity index (χ0n) is 10.1. The molecule has 0 aliphatic rings. The Bertz CT molecular complexity index is 441. The van der Waals surface area contributed by atoms with Crippen molar-refractivity contribution in [2.75, 3.05) is 6.61 Å². The third kappa shape index (κ3) is 3.81. The van der Waals surface area contributed by atoms with Gasteiger partial charge in [-0.25, -0.2) is 0 Å². The maximum Gasteiger partial charge on any atom is 0.138 e. The summed E-state index contributed by atoms with van der Waals surface area (Å²) < 4.78 is 5.54. The summed E-state index contributed by atoms with van der Waals surface area (Å²) in [6, 6.07) is 9.11. The highest BCUT2D eigenvalue weighted by molar-refractivity contribution is 5.53. The van der Waals surface area contributed by atoms with E-state index >= 15 is 0 Å². The first-order chi connectivity index (χ1) is 8.33. The van der Waals surface area contributed by atoms with E-state index in [9.17, 15) is 0 Å². The smallest absolute Gasteiger partial charge is 0.138 e. The first-order valence-corrected chi connectivity index (χ1v) is 5.89. The third-order valence-corrected chi connectivity index (χ3v) is 2.51. The minimum atomic E-state index is 0.338. The molecule has 3 heteroatoms. The molecular weight excluding hydrogens is 212 g/mol. The second-order valence-electron chi connectivity index (χ2n) is 3.81. The predicted molar refractivity (Wildman–Crippen MR) is 65.5 cm³/mol. The largest absolute Gasteiger partial charge is 0.492 e. The lowest BCUT2D eigenvalue weighted by molar-refractivity contribution is 0.304. The molecule has 0 heterocycles. The van der Waals surface area contributed by atoms with E-state index in [1.807, 2.05) is 12.1 Å². The van der Waals surface area contributed by atoms with Crippen LogP contribution in [0.3, 0.4) is 0 Å². The van der Waals surface area contributed by atoms with Gasteiger partial charge in [-0.1, -0.05) is 32.3 Å². The summed E-state index contributed by atoms with van der Waals surface area (Å²) in [5.74, 6) is 0.517. The van der Waals surface area contributed by atoms with Crippen molar-refractivity contribution < 1.29 is 4.74 Å². The zero-order chi connectivity index (χ0) is 12.5. The van der Waals surface area contributed by atoms with Crippen LogP contribution < -0.4 is 4.74 Å². The molecule has 0 saturated heterocycles. The maximum atomic E-state index is 8.99. The van der Waals surface area contributed by atoms with Gasteiger partial charge in [0.05, 0.1) is 12.2 Å². The Morgan fingerprint density at radius 1 is 1.12 bits per heavy atom. The van der Waals surface area contributed by atoms with Gasteiger partial charge in [0.1, 0.15) is 23.5 Å². The summed E-state index contributed by atoms with van der Waals surface area (Å²) in [4.78, 5) is 0. The number of ether oxygens (including phenoxy) is 1. The Kier molecular flexibility index (Phi) is 5.61. The molecule has 1 aromatic rings. The first-order valence-electron chi connectivity index (χ1n) is 5.89. The van der Waals surface area contributed by atoms with E-state index in [1.165, 1.54) is 12.8 Å². The lowest BCUT2D eigenvalue weighted by Crippen LogP contribution is -2.00. The van der Waals surface area contributed by atoms with Gasteiger partial charge >= 0.3 is 0 Å². The monoisotopic (exact) mass is 228 g/mol. The Balaban J connectivity index is 2.60. The van der Waals surface area contributed by atoms with Crippen molar-refractivity contribution in [3.63, 3.8) is 0 Å². The number of benzene rings is 1. The van der Waals surface area contributed by atoms with Crippen LogP contribution in [-0.4, -0.2) is 6.61 Å². The standard InChI is InChI=1S/C14H16N2O/c1-2-3-4-5-9-17-14-8-6-7-12(10-15)13(14)11-16/h6-8H,2-5,9H2,1H3. The number of unbranched alkanes of at least 4 members (excludes halogenated alkanes) is 3. The van der Waals surface area contributed by atoms with Gasteiger partial charge < -0.3 is 4.74 Å². The molecular formula is C14H16N2O. The van der Waals surface area contributed by atoms with Crippen molar-refractivity contribution in [3.05, 3.63) is 29.3 Å². The summed E-state index contributed by atoms with van der Waals surface area (Å²) in [6.07, 6.45) is 4.51. The van der Waals surface area contributed by atoms with Gasteiger partial charge in [-0.05, 0) is 18.6 Å². The molecule has 0 amide bonds. The Morgan fingerprint density at radius 2 is 1.94 bits per heavy atom. The van der Waals surface area contributed by atoms with Gasteiger partial charge in [-0.2, -0.15) is 10.5 Å². The number of nitriles is 2. The van der Waals surface area contributed by atoms with Crippen LogP contribution in [0.5, 0.6) is 5.75 Å². The average Bonchev–Trinajstić information content (AvgIpc) is 2.38. The van der Waals surface area contributed by atoms with Crippen LogP contribution >= 0.6 is 0 Å². The number of rotatable bonds is 6. The number of hydrogen-bond acceptors (Lipinski definition) is 3. The van der Waals surface area contributed by atoms with Crippen molar-refractivity contribution in [3.8, 4) is 17.9 Å². The van der Waals surface area contributed by atoms with Crippen LogP contribution in [0.25, 0.3) is 0 Å². The lowest BCUT2D eigenvalue weighted by atomic mass is 10.1. The van der Waals surface area contributed by atoms with Crippen LogP contribution in [0.15, 0.2) is 18.2 Å². The molecule has 88 valence electrons. The van der Waals surface area contributed by atoms with Crippen LogP contribution in [0.1, 0.15) is 43.7 Å². The highest BCUT2D eigenvalue weighted by Gasteiger charge is 2.08. The molecule has 0 spiro atoms. The molecule has 0 unspecified atom stereocenters. The van der Waals surface area contributed by atoms with Crippen molar-refractivity contribution >= 4 is 0 Å². The summed E-state index contributed by atoms with van der Waals surface area (Å²) in [5.41, 5.74) is 0.712. The first kappa shape index (κ1) is 13.1. The Morgan fingerprint density at radius 3 is 2.59 bits per heavy atom. The van der Waals surface area contributed by atoms with Gasteiger partial charge in [0.25, 0.3) is 0 Å². The quantitative estimate of drug-likeness (QED) is 0.701. The maximum absolute atomic E-state index is 8.99. The minimum absolute atomic E-state index is 0.338. The molecule has 0 atom stereocenters. The summed E-state index contributed by atoms with van der Waals surface area (Å²) in [5, 5.41) is 17.8. The highest BCUT2D eigenvalue weighted by Crippen LogP contribution is 2.21. The number of nitrogens with zero attached hydrogens (tertiary/aromatic N) is 2. The molecule has 0 radical (unpaired) electrons. The molecule has 17 heavy (non-hydrogen) atoms. The lowest BCUT2D eigenvalue weighted by Gasteiger charge is -2.08. The minimum Gasteiger partial charge on any atom is -0.492 e. The second-order valence-corrected chi connectivity index (χ2v) is 3.81. The molecule has 1 rings (SSSR count). The molecule has 0 fully saturated rings. The van der Waals surface area contributed by atoms with Gasteiger partial charge in [0, 0.05) is 0 Å². The van der Waals surface area contributed by atoms with Gasteiger partial charge in [-0.15, -0.1) is 0 Å². The van der Waals surface area contributed by atoms with Gasteiger partial charge in [0.2, 0.25) is 0 Å². The molecule has 0 bridgehead atoms. The third-order valence-electron chi connectivity index (χ3n) is 2.51. The van der Waals surface area contributed by atoms with Crippen molar-refractivity contribution in [1.82, 2.24) is 0 Å². The van der Waals surface area contributed by atoms with Crippen LogP contribution in [0, 0.1) is 22.7 Å². The second kappa shape index (κ2) is 7.30. The van der Waals surface area contributed by atoms with Crippen LogP contribution in [-0.2, 0) is 0 Å². The molecule has 0 aromatic heterocycles.